The van der Waals surface area contributed by atoms with Crippen LogP contribution >= 0.6 is 0 Å². The Labute approximate surface area is 125 Å². The van der Waals surface area contributed by atoms with Crippen LogP contribution in [0, 0.1) is 5.92 Å². The molecule has 6 nitrogen and oxygen atoms in total. The van der Waals surface area contributed by atoms with Gasteiger partial charge in [-0.25, -0.2) is 4.98 Å². The van der Waals surface area contributed by atoms with Gasteiger partial charge >= 0.3 is 0 Å². The van der Waals surface area contributed by atoms with E-state index in [-0.39, 0.29) is 5.91 Å². The lowest BCUT2D eigenvalue weighted by Crippen LogP contribution is -2.52. The van der Waals surface area contributed by atoms with Gasteiger partial charge in [-0.15, -0.1) is 0 Å². The lowest BCUT2D eigenvalue weighted by atomic mass is 10.1. The second-order valence-electron chi connectivity index (χ2n) is 5.81. The normalized spacial score (nSPS) is 20.1. The van der Waals surface area contributed by atoms with Crippen molar-refractivity contribution in [1.29, 1.82) is 0 Å². The summed E-state index contributed by atoms with van der Waals surface area (Å²) in [6, 6.07) is 1.71. The maximum absolute atomic E-state index is 12.3. The Morgan fingerprint density at radius 2 is 2.14 bits per heavy atom. The first-order valence-electron chi connectivity index (χ1n) is 7.66. The predicted octanol–water partition coefficient (Wildman–Crippen LogP) is 1.32. The van der Waals surface area contributed by atoms with Crippen molar-refractivity contribution in [2.24, 2.45) is 5.92 Å². The molecular weight excluding hydrogens is 268 g/mol. The molecule has 3 rings (SSSR count). The average molecular weight is 290 g/mol. The van der Waals surface area contributed by atoms with E-state index in [1.165, 1.54) is 25.7 Å². The zero-order chi connectivity index (χ0) is 14.7. The molecular formula is C15H22N4O2. The molecule has 2 fully saturated rings. The molecule has 0 aromatic carbocycles. The fourth-order valence-electron chi connectivity index (χ4n) is 3.18. The first-order chi connectivity index (χ1) is 10.3. The number of ether oxygens (including phenoxy) is 1. The average Bonchev–Trinajstić information content (AvgIpc) is 3.02. The fourth-order valence-corrected chi connectivity index (χ4v) is 3.18. The Kier molecular flexibility index (Phi) is 4.22. The Bertz CT molecular complexity index is 502. The molecule has 0 N–H and O–H groups in total. The van der Waals surface area contributed by atoms with E-state index in [9.17, 15) is 4.79 Å². The highest BCUT2D eigenvalue weighted by molar-refractivity contribution is 5.82. The van der Waals surface area contributed by atoms with Crippen molar-refractivity contribution in [2.75, 3.05) is 38.2 Å². The van der Waals surface area contributed by atoms with Crippen molar-refractivity contribution >= 4 is 11.9 Å². The highest BCUT2D eigenvalue weighted by atomic mass is 16.5. The Balaban J connectivity index is 1.60. The van der Waals surface area contributed by atoms with Crippen molar-refractivity contribution < 1.29 is 9.53 Å². The van der Waals surface area contributed by atoms with E-state index >= 15 is 0 Å². The summed E-state index contributed by atoms with van der Waals surface area (Å²) in [5.41, 5.74) is 0. The van der Waals surface area contributed by atoms with Crippen molar-refractivity contribution in [3.05, 3.63) is 12.3 Å². The third-order valence-corrected chi connectivity index (χ3v) is 4.38. The van der Waals surface area contributed by atoms with Gasteiger partial charge in [0, 0.05) is 31.9 Å². The van der Waals surface area contributed by atoms with Crippen LogP contribution in [0.2, 0.25) is 0 Å². The summed E-state index contributed by atoms with van der Waals surface area (Å²) in [4.78, 5) is 24.8. The highest BCUT2D eigenvalue weighted by Gasteiger charge is 2.28. The van der Waals surface area contributed by atoms with E-state index in [1.807, 2.05) is 9.80 Å². The van der Waals surface area contributed by atoms with Crippen LogP contribution in [0.5, 0.6) is 5.88 Å². The Morgan fingerprint density at radius 3 is 2.86 bits per heavy atom. The molecule has 2 heterocycles. The van der Waals surface area contributed by atoms with E-state index in [1.54, 1.807) is 19.4 Å². The van der Waals surface area contributed by atoms with Crippen LogP contribution in [0.25, 0.3) is 0 Å². The molecule has 1 saturated carbocycles. The summed E-state index contributed by atoms with van der Waals surface area (Å²) < 4.78 is 5.11. The molecule has 114 valence electrons. The van der Waals surface area contributed by atoms with Gasteiger partial charge in [-0.2, -0.15) is 4.98 Å². The number of carbonyl (C=O) groups is 1. The predicted molar refractivity (Wildman–Crippen MR) is 79.3 cm³/mol. The summed E-state index contributed by atoms with van der Waals surface area (Å²) in [7, 11) is 1.58. The molecule has 0 bridgehead atoms. The minimum atomic E-state index is 0.180. The summed E-state index contributed by atoms with van der Waals surface area (Å²) in [5, 5.41) is 0. The second-order valence-corrected chi connectivity index (χ2v) is 5.81. The number of anilines is 1. The lowest BCUT2D eigenvalue weighted by Gasteiger charge is -2.35. The summed E-state index contributed by atoms with van der Waals surface area (Å²) in [6.45, 7) is 2.83. The first kappa shape index (κ1) is 14.1. The number of nitrogens with zero attached hydrogens (tertiary/aromatic N) is 4. The molecule has 0 radical (unpaired) electrons. The van der Waals surface area contributed by atoms with Gasteiger partial charge in [-0.1, -0.05) is 12.8 Å². The maximum Gasteiger partial charge on any atom is 0.242 e. The molecule has 6 heteroatoms. The molecule has 1 aromatic heterocycles. The van der Waals surface area contributed by atoms with E-state index < -0.39 is 0 Å². The third kappa shape index (κ3) is 3.25. The fraction of sp³-hybridized carbons (Fsp3) is 0.667. The number of methoxy groups -OCH3 is 1. The number of rotatable bonds is 4. The first-order valence-corrected chi connectivity index (χ1v) is 7.66. The Hall–Kier alpha value is -1.85. The summed E-state index contributed by atoms with van der Waals surface area (Å²) in [5.74, 6) is 1.98. The lowest BCUT2D eigenvalue weighted by molar-refractivity contribution is -0.131. The van der Waals surface area contributed by atoms with Crippen LogP contribution in [-0.4, -0.2) is 54.1 Å². The minimum Gasteiger partial charge on any atom is -0.481 e. The van der Waals surface area contributed by atoms with Gasteiger partial charge in [0.15, 0.2) is 0 Å². The van der Waals surface area contributed by atoms with E-state index in [0.29, 0.717) is 24.3 Å². The number of hydrogen-bond donors (Lipinski definition) is 0. The van der Waals surface area contributed by atoms with E-state index in [4.69, 9.17) is 4.74 Å². The molecule has 1 aliphatic heterocycles. The molecule has 1 saturated heterocycles. The van der Waals surface area contributed by atoms with Crippen LogP contribution < -0.4 is 9.64 Å². The van der Waals surface area contributed by atoms with Gasteiger partial charge in [0.25, 0.3) is 0 Å². The summed E-state index contributed by atoms with van der Waals surface area (Å²) >= 11 is 0. The van der Waals surface area contributed by atoms with Gasteiger partial charge in [-0.05, 0) is 18.8 Å². The number of aromatic nitrogens is 2. The minimum absolute atomic E-state index is 0.180. The molecule has 0 spiro atoms. The van der Waals surface area contributed by atoms with Crippen molar-refractivity contribution in [3.8, 4) is 5.88 Å². The smallest absolute Gasteiger partial charge is 0.242 e. The van der Waals surface area contributed by atoms with Crippen molar-refractivity contribution in [3.63, 3.8) is 0 Å². The molecule has 0 atom stereocenters. The largest absolute Gasteiger partial charge is 0.481 e. The quantitative estimate of drug-likeness (QED) is 0.837. The molecule has 2 aliphatic rings. The topological polar surface area (TPSA) is 58.6 Å². The van der Waals surface area contributed by atoms with Crippen LogP contribution in [0.1, 0.15) is 25.7 Å². The SMILES string of the molecule is COc1ccnc(N2CCN(CC3CCCC3)C(=O)C2)n1. The number of amides is 1. The van der Waals surface area contributed by atoms with E-state index in [0.717, 1.165) is 19.6 Å². The monoisotopic (exact) mass is 290 g/mol. The van der Waals surface area contributed by atoms with Crippen LogP contribution in [0.4, 0.5) is 5.95 Å². The Morgan fingerprint density at radius 1 is 1.33 bits per heavy atom. The zero-order valence-electron chi connectivity index (χ0n) is 12.5. The van der Waals surface area contributed by atoms with Crippen LogP contribution in [-0.2, 0) is 4.79 Å². The van der Waals surface area contributed by atoms with Gasteiger partial charge in [0.05, 0.1) is 13.7 Å². The highest BCUT2D eigenvalue weighted by Crippen LogP contribution is 2.26. The van der Waals surface area contributed by atoms with Gasteiger partial charge in [0.2, 0.25) is 17.7 Å². The number of carbonyl (C=O) groups excluding carboxylic acids is 1. The third-order valence-electron chi connectivity index (χ3n) is 4.38. The van der Waals surface area contributed by atoms with Gasteiger partial charge in [-0.3, -0.25) is 4.79 Å². The molecule has 1 aromatic rings. The molecule has 0 unspecified atom stereocenters. The number of piperazine rings is 1. The van der Waals surface area contributed by atoms with Crippen LogP contribution in [0.3, 0.4) is 0 Å². The molecule has 1 aliphatic carbocycles. The van der Waals surface area contributed by atoms with E-state index in [2.05, 4.69) is 9.97 Å². The second kappa shape index (κ2) is 6.28. The standard InChI is InChI=1S/C15H22N4O2/c1-21-13-6-7-16-15(17-13)19-9-8-18(14(20)11-19)10-12-4-2-3-5-12/h6-7,12H,2-5,8-11H2,1H3. The molecule has 1 amide bonds. The van der Waals surface area contributed by atoms with Crippen molar-refractivity contribution in [1.82, 2.24) is 14.9 Å². The van der Waals surface area contributed by atoms with Gasteiger partial charge < -0.3 is 14.5 Å². The summed E-state index contributed by atoms with van der Waals surface area (Å²) in [6.07, 6.45) is 6.84. The molecule has 21 heavy (non-hydrogen) atoms. The zero-order valence-corrected chi connectivity index (χ0v) is 12.5. The van der Waals surface area contributed by atoms with Gasteiger partial charge in [0.1, 0.15) is 0 Å². The number of hydrogen-bond acceptors (Lipinski definition) is 5. The van der Waals surface area contributed by atoms with Crippen LogP contribution in [0.15, 0.2) is 12.3 Å². The van der Waals surface area contributed by atoms with Crippen molar-refractivity contribution in [2.45, 2.75) is 25.7 Å². The maximum atomic E-state index is 12.3.